The van der Waals surface area contributed by atoms with Crippen molar-refractivity contribution in [2.24, 2.45) is 5.92 Å². The van der Waals surface area contributed by atoms with Crippen molar-refractivity contribution in [3.63, 3.8) is 0 Å². The summed E-state index contributed by atoms with van der Waals surface area (Å²) in [5, 5.41) is 3.46. The molecule has 1 N–H and O–H groups in total. The van der Waals surface area contributed by atoms with E-state index in [1.54, 1.807) is 12.1 Å². The van der Waals surface area contributed by atoms with Crippen LogP contribution < -0.4 is 15.0 Å². The summed E-state index contributed by atoms with van der Waals surface area (Å²) in [7, 11) is 0. The number of ether oxygens (including phenoxy) is 1. The molecule has 1 aliphatic rings. The number of anilines is 2. The predicted molar refractivity (Wildman–Crippen MR) is 120 cm³/mol. The second-order valence-electron chi connectivity index (χ2n) is 7.78. The molecule has 0 aliphatic carbocycles. The van der Waals surface area contributed by atoms with E-state index >= 15 is 0 Å². The van der Waals surface area contributed by atoms with E-state index in [9.17, 15) is 9.59 Å². The second-order valence-corrected chi connectivity index (χ2v) is 8.21. The van der Waals surface area contributed by atoms with E-state index in [0.717, 1.165) is 11.3 Å². The first-order valence-electron chi connectivity index (χ1n) is 10.2. The molecule has 30 heavy (non-hydrogen) atoms. The molecular formula is C23H28ClN3O3. The lowest BCUT2D eigenvalue weighted by atomic mass is 10.1. The van der Waals surface area contributed by atoms with Crippen molar-refractivity contribution < 1.29 is 14.3 Å². The highest BCUT2D eigenvalue weighted by molar-refractivity contribution is 6.31. The van der Waals surface area contributed by atoms with Gasteiger partial charge in [0.2, 0.25) is 5.91 Å². The van der Waals surface area contributed by atoms with E-state index in [4.69, 9.17) is 16.3 Å². The minimum atomic E-state index is -0.257. The molecule has 1 saturated heterocycles. The van der Waals surface area contributed by atoms with E-state index in [1.165, 1.54) is 0 Å². The molecule has 2 amide bonds. The Morgan fingerprint density at radius 1 is 1.07 bits per heavy atom. The van der Waals surface area contributed by atoms with E-state index in [1.807, 2.05) is 56.0 Å². The number of aryl methyl sites for hydroxylation is 1. The maximum Gasteiger partial charge on any atom is 0.262 e. The highest BCUT2D eigenvalue weighted by Crippen LogP contribution is 2.30. The third kappa shape index (κ3) is 5.66. The zero-order valence-corrected chi connectivity index (χ0v) is 18.4. The number of carbonyl (C=O) groups is 2. The number of hydrogen-bond donors (Lipinski definition) is 1. The van der Waals surface area contributed by atoms with Crippen LogP contribution in [-0.2, 0) is 9.59 Å². The van der Waals surface area contributed by atoms with Gasteiger partial charge in [0.15, 0.2) is 6.61 Å². The summed E-state index contributed by atoms with van der Waals surface area (Å²) in [5.41, 5.74) is 2.66. The molecule has 0 unspecified atom stereocenters. The molecule has 0 aromatic heterocycles. The third-order valence-electron chi connectivity index (χ3n) is 5.05. The molecule has 1 fully saturated rings. The van der Waals surface area contributed by atoms with Crippen molar-refractivity contribution in [2.75, 3.05) is 43.0 Å². The lowest BCUT2D eigenvalue weighted by molar-refractivity contribution is -0.134. The van der Waals surface area contributed by atoms with Crippen LogP contribution in [0.25, 0.3) is 0 Å². The fraction of sp³-hybridized carbons (Fsp3) is 0.391. The third-order valence-corrected chi connectivity index (χ3v) is 5.28. The summed E-state index contributed by atoms with van der Waals surface area (Å²) >= 11 is 6.17. The first kappa shape index (κ1) is 22.0. The van der Waals surface area contributed by atoms with Gasteiger partial charge in [-0.1, -0.05) is 43.1 Å². The molecule has 2 aromatic rings. The lowest BCUT2D eigenvalue weighted by Crippen LogP contribution is -2.50. The molecule has 0 spiro atoms. The Morgan fingerprint density at radius 3 is 2.37 bits per heavy atom. The van der Waals surface area contributed by atoms with Gasteiger partial charge in [-0.05, 0) is 37.3 Å². The second kappa shape index (κ2) is 9.85. The van der Waals surface area contributed by atoms with Crippen molar-refractivity contribution in [1.82, 2.24) is 4.90 Å². The van der Waals surface area contributed by atoms with Crippen LogP contribution in [0.5, 0.6) is 5.75 Å². The largest absolute Gasteiger partial charge is 0.484 e. The van der Waals surface area contributed by atoms with Crippen LogP contribution in [0.2, 0.25) is 5.02 Å². The van der Waals surface area contributed by atoms with E-state index in [2.05, 4.69) is 10.2 Å². The summed E-state index contributed by atoms with van der Waals surface area (Å²) in [4.78, 5) is 28.7. The fourth-order valence-electron chi connectivity index (χ4n) is 3.39. The van der Waals surface area contributed by atoms with Crippen LogP contribution >= 0.6 is 11.6 Å². The molecule has 0 radical (unpaired) electrons. The van der Waals surface area contributed by atoms with Crippen LogP contribution in [0.15, 0.2) is 42.5 Å². The average molecular weight is 430 g/mol. The maximum absolute atomic E-state index is 12.5. The Balaban J connectivity index is 1.63. The van der Waals surface area contributed by atoms with Gasteiger partial charge in [-0.15, -0.1) is 0 Å². The topological polar surface area (TPSA) is 61.9 Å². The van der Waals surface area contributed by atoms with Gasteiger partial charge in [0.1, 0.15) is 5.75 Å². The molecule has 1 aliphatic heterocycles. The van der Waals surface area contributed by atoms with Crippen molar-refractivity contribution >= 4 is 34.8 Å². The number of piperazine rings is 1. The van der Waals surface area contributed by atoms with Gasteiger partial charge >= 0.3 is 0 Å². The molecule has 160 valence electrons. The van der Waals surface area contributed by atoms with Gasteiger partial charge in [0, 0.05) is 37.1 Å². The Hall–Kier alpha value is -2.73. The average Bonchev–Trinajstić information content (AvgIpc) is 2.73. The van der Waals surface area contributed by atoms with Crippen molar-refractivity contribution in [1.29, 1.82) is 0 Å². The lowest BCUT2D eigenvalue weighted by Gasteiger charge is -2.37. The number of amides is 2. The SMILES string of the molecule is Cc1ccc(OCC(=O)Nc2cc(Cl)ccc2N2CCN(C(=O)C(C)C)CC2)cc1. The predicted octanol–water partition coefficient (Wildman–Crippen LogP) is 3.97. The fourth-order valence-corrected chi connectivity index (χ4v) is 3.56. The van der Waals surface area contributed by atoms with Crippen LogP contribution in [0.1, 0.15) is 19.4 Å². The van der Waals surface area contributed by atoms with Crippen molar-refractivity contribution in [2.45, 2.75) is 20.8 Å². The summed E-state index contributed by atoms with van der Waals surface area (Å²) in [6.45, 7) is 8.45. The number of hydrogen-bond acceptors (Lipinski definition) is 4. The molecule has 1 heterocycles. The highest BCUT2D eigenvalue weighted by Gasteiger charge is 2.24. The van der Waals surface area contributed by atoms with Crippen molar-refractivity contribution in [3.8, 4) is 5.75 Å². The number of rotatable bonds is 6. The van der Waals surface area contributed by atoms with Crippen LogP contribution in [-0.4, -0.2) is 49.5 Å². The Labute approximate surface area is 182 Å². The smallest absolute Gasteiger partial charge is 0.262 e. The minimum Gasteiger partial charge on any atom is -0.484 e. The minimum absolute atomic E-state index is 0.00420. The summed E-state index contributed by atoms with van der Waals surface area (Å²) in [5.74, 6) is 0.559. The first-order valence-corrected chi connectivity index (χ1v) is 10.5. The van der Waals surface area contributed by atoms with E-state index < -0.39 is 0 Å². The molecule has 6 nitrogen and oxygen atoms in total. The number of halogens is 1. The normalized spacial score (nSPS) is 14.0. The Kier molecular flexibility index (Phi) is 7.21. The van der Waals surface area contributed by atoms with Gasteiger partial charge in [0.05, 0.1) is 11.4 Å². The Bertz CT molecular complexity index is 891. The summed E-state index contributed by atoms with van der Waals surface area (Å²) in [6, 6.07) is 13.0. The van der Waals surface area contributed by atoms with Crippen LogP contribution in [0, 0.1) is 12.8 Å². The van der Waals surface area contributed by atoms with Gasteiger partial charge in [-0.2, -0.15) is 0 Å². The van der Waals surface area contributed by atoms with Crippen LogP contribution in [0.3, 0.4) is 0 Å². The molecule has 7 heteroatoms. The molecule has 0 bridgehead atoms. The summed E-state index contributed by atoms with van der Waals surface area (Å²) in [6.07, 6.45) is 0. The summed E-state index contributed by atoms with van der Waals surface area (Å²) < 4.78 is 5.57. The quantitative estimate of drug-likeness (QED) is 0.754. The van der Waals surface area contributed by atoms with Crippen LogP contribution in [0.4, 0.5) is 11.4 Å². The monoisotopic (exact) mass is 429 g/mol. The van der Waals surface area contributed by atoms with Gasteiger partial charge < -0.3 is 19.9 Å². The number of benzene rings is 2. The molecule has 3 rings (SSSR count). The van der Waals surface area contributed by atoms with Gasteiger partial charge in [0.25, 0.3) is 5.91 Å². The molecular weight excluding hydrogens is 402 g/mol. The number of nitrogens with one attached hydrogen (secondary N) is 1. The first-order chi connectivity index (χ1) is 14.3. The standard InChI is InChI=1S/C23H28ClN3O3/c1-16(2)23(29)27-12-10-26(11-13-27)21-9-6-18(24)14-20(21)25-22(28)15-30-19-7-4-17(3)5-8-19/h4-9,14,16H,10-13,15H2,1-3H3,(H,25,28). The Morgan fingerprint density at radius 2 is 1.73 bits per heavy atom. The highest BCUT2D eigenvalue weighted by atomic mass is 35.5. The molecule has 0 atom stereocenters. The van der Waals surface area contributed by atoms with E-state index in [-0.39, 0.29) is 24.3 Å². The van der Waals surface area contributed by atoms with Gasteiger partial charge in [-0.3, -0.25) is 9.59 Å². The van der Waals surface area contributed by atoms with Gasteiger partial charge in [-0.25, -0.2) is 0 Å². The number of nitrogens with zero attached hydrogens (tertiary/aromatic N) is 2. The van der Waals surface area contributed by atoms with Crippen molar-refractivity contribution in [3.05, 3.63) is 53.1 Å². The molecule has 2 aromatic carbocycles. The number of carbonyl (C=O) groups excluding carboxylic acids is 2. The zero-order valence-electron chi connectivity index (χ0n) is 17.7. The molecule has 0 saturated carbocycles. The maximum atomic E-state index is 12.5. The zero-order chi connectivity index (χ0) is 21.7. The van der Waals surface area contributed by atoms with E-state index in [0.29, 0.717) is 42.6 Å².